The molecule has 246 valence electrons. The second-order valence-electron chi connectivity index (χ2n) is 12.0. The van der Waals surface area contributed by atoms with E-state index in [1.807, 2.05) is 26.0 Å². The first-order valence-electron chi connectivity index (χ1n) is 16.6. The summed E-state index contributed by atoms with van der Waals surface area (Å²) < 4.78 is 12.0. The average Bonchev–Trinajstić information content (AvgIpc) is 3.80. The molecule has 0 unspecified atom stereocenters. The quantitative estimate of drug-likeness (QED) is 0.102. The number of nitrogens with one attached hydrogen (secondary N) is 2. The smallest absolute Gasteiger partial charge is 0.285 e. The summed E-state index contributed by atoms with van der Waals surface area (Å²) in [4.78, 5) is 27.4. The molecule has 9 heteroatoms. The van der Waals surface area contributed by atoms with E-state index in [4.69, 9.17) is 9.47 Å². The summed E-state index contributed by atoms with van der Waals surface area (Å²) >= 11 is 0.992. The molecule has 0 fully saturated rings. The molecule has 4 aromatic carbocycles. The van der Waals surface area contributed by atoms with Gasteiger partial charge in [-0.25, -0.2) is 10.9 Å². The number of carbonyl (C=O) groups is 2. The minimum atomic E-state index is -0.496. The lowest BCUT2D eigenvalue weighted by Crippen LogP contribution is -2.17. The van der Waals surface area contributed by atoms with Crippen LogP contribution in [0.15, 0.2) is 95.1 Å². The minimum Gasteiger partial charge on any atom is -0.488 e. The van der Waals surface area contributed by atoms with Crippen molar-refractivity contribution in [1.82, 2.24) is 10.9 Å². The fourth-order valence-corrected chi connectivity index (χ4v) is 7.26. The van der Waals surface area contributed by atoms with E-state index < -0.39 is 11.8 Å². The van der Waals surface area contributed by atoms with Gasteiger partial charge < -0.3 is 9.47 Å². The van der Waals surface area contributed by atoms with Crippen molar-refractivity contribution in [2.24, 2.45) is 10.2 Å². The Morgan fingerprint density at radius 2 is 1.06 bits per heavy atom. The second kappa shape index (κ2) is 14.3. The minimum absolute atomic E-state index is 0.202. The maximum Gasteiger partial charge on any atom is 0.285 e. The molecule has 7 rings (SSSR count). The van der Waals surface area contributed by atoms with Crippen LogP contribution in [0.25, 0.3) is 22.3 Å². The van der Waals surface area contributed by atoms with Gasteiger partial charge >= 0.3 is 0 Å². The van der Waals surface area contributed by atoms with Gasteiger partial charge in [-0.3, -0.25) is 9.59 Å². The van der Waals surface area contributed by atoms with Gasteiger partial charge in [-0.1, -0.05) is 86.6 Å². The number of thiophene rings is 1. The summed E-state index contributed by atoms with van der Waals surface area (Å²) in [5, 5.41) is 8.49. The molecule has 0 saturated carbocycles. The molecule has 0 radical (unpaired) electrons. The van der Waals surface area contributed by atoms with Gasteiger partial charge in [0.05, 0.1) is 25.6 Å². The number of ether oxygens (including phenoxy) is 2. The van der Waals surface area contributed by atoms with Gasteiger partial charge in [-0.05, 0) is 93.5 Å². The fourth-order valence-electron chi connectivity index (χ4n) is 6.29. The van der Waals surface area contributed by atoms with E-state index >= 15 is 0 Å². The molecular formula is C40H36N4O4S. The molecule has 1 aromatic heterocycles. The number of nitrogens with zero attached hydrogens (tertiary/aromatic N) is 2. The van der Waals surface area contributed by atoms with Crippen molar-refractivity contribution in [3.63, 3.8) is 0 Å². The first-order chi connectivity index (χ1) is 24.0. The predicted molar refractivity (Wildman–Crippen MR) is 195 cm³/mol. The molecule has 49 heavy (non-hydrogen) atoms. The topological polar surface area (TPSA) is 101 Å². The number of rotatable bonds is 12. The lowest BCUT2D eigenvalue weighted by atomic mass is 10.0. The van der Waals surface area contributed by atoms with Gasteiger partial charge in [0.1, 0.15) is 9.75 Å². The molecule has 0 aliphatic heterocycles. The van der Waals surface area contributed by atoms with Crippen molar-refractivity contribution >= 4 is 35.6 Å². The van der Waals surface area contributed by atoms with Crippen LogP contribution in [0.3, 0.4) is 0 Å². The maximum atomic E-state index is 13.5. The van der Waals surface area contributed by atoms with Crippen molar-refractivity contribution < 1.29 is 19.1 Å². The van der Waals surface area contributed by atoms with Gasteiger partial charge in [-0.15, -0.1) is 11.3 Å². The predicted octanol–water partition coefficient (Wildman–Crippen LogP) is 8.00. The molecular weight excluding hydrogens is 633 g/mol. The van der Waals surface area contributed by atoms with Crippen molar-refractivity contribution in [2.75, 3.05) is 13.2 Å². The molecule has 1 heterocycles. The highest BCUT2D eigenvalue weighted by atomic mass is 32.1. The van der Waals surface area contributed by atoms with Crippen molar-refractivity contribution in [1.29, 1.82) is 0 Å². The Morgan fingerprint density at radius 1 is 0.633 bits per heavy atom. The highest BCUT2D eigenvalue weighted by Crippen LogP contribution is 2.43. The lowest BCUT2D eigenvalue weighted by Gasteiger charge is -2.10. The van der Waals surface area contributed by atoms with Crippen molar-refractivity contribution in [3.8, 4) is 33.8 Å². The molecule has 0 bridgehead atoms. The van der Waals surface area contributed by atoms with Crippen LogP contribution in [0.5, 0.6) is 11.5 Å². The van der Waals surface area contributed by atoms with E-state index in [1.54, 1.807) is 12.4 Å². The van der Waals surface area contributed by atoms with E-state index in [2.05, 4.69) is 93.9 Å². The zero-order valence-corrected chi connectivity index (χ0v) is 28.2. The number of benzene rings is 4. The highest BCUT2D eigenvalue weighted by molar-refractivity contribution is 7.16. The largest absolute Gasteiger partial charge is 0.488 e. The monoisotopic (exact) mass is 668 g/mol. The molecule has 0 atom stereocenters. The Kier molecular flexibility index (Phi) is 9.34. The van der Waals surface area contributed by atoms with Gasteiger partial charge in [0, 0.05) is 0 Å². The Labute approximate surface area is 289 Å². The zero-order chi connectivity index (χ0) is 33.7. The number of fused-ring (bicyclic) bond motifs is 6. The molecule has 2 amide bonds. The summed E-state index contributed by atoms with van der Waals surface area (Å²) in [5.41, 5.74) is 17.0. The number of amides is 2. The molecule has 0 spiro atoms. The molecule has 5 aromatic rings. The van der Waals surface area contributed by atoms with Crippen LogP contribution < -0.4 is 20.3 Å². The van der Waals surface area contributed by atoms with E-state index in [0.29, 0.717) is 26.1 Å². The summed E-state index contributed by atoms with van der Waals surface area (Å²) in [6.45, 7) is 4.64. The molecule has 0 saturated heterocycles. The van der Waals surface area contributed by atoms with E-state index in [0.717, 1.165) is 35.3 Å². The Bertz CT molecular complexity index is 1970. The number of hydrogen-bond acceptors (Lipinski definition) is 7. The highest BCUT2D eigenvalue weighted by Gasteiger charge is 2.29. The first kappa shape index (κ1) is 32.0. The number of carbonyl (C=O) groups excluding carboxylic acids is 2. The Balaban J connectivity index is 1.07. The molecule has 2 N–H and O–H groups in total. The first-order valence-corrected chi connectivity index (χ1v) is 17.4. The third kappa shape index (κ3) is 6.62. The zero-order valence-electron chi connectivity index (χ0n) is 27.4. The van der Waals surface area contributed by atoms with Crippen LogP contribution in [0.1, 0.15) is 79.4 Å². The van der Waals surface area contributed by atoms with E-state index in [-0.39, 0.29) is 21.3 Å². The van der Waals surface area contributed by atoms with Crippen LogP contribution in [-0.2, 0) is 12.8 Å². The van der Waals surface area contributed by atoms with Crippen LogP contribution in [0, 0.1) is 0 Å². The van der Waals surface area contributed by atoms with Gasteiger partial charge in [-0.2, -0.15) is 10.2 Å². The summed E-state index contributed by atoms with van der Waals surface area (Å²) in [6.07, 6.45) is 6.39. The maximum absolute atomic E-state index is 13.5. The van der Waals surface area contributed by atoms with Crippen LogP contribution in [0.4, 0.5) is 0 Å². The van der Waals surface area contributed by atoms with Crippen LogP contribution >= 0.6 is 11.3 Å². The number of hydrogen-bond donors (Lipinski definition) is 2. The third-order valence-electron chi connectivity index (χ3n) is 8.53. The SMILES string of the molecule is CCCOc1c(C(=O)N/N=C\c2ccc3c(c2)Cc2ccccc2-3)sc(C(=O)N/N=C/c2ccc3c(c2)Cc2ccccc2-3)c1OCCC. The van der Waals surface area contributed by atoms with Crippen LogP contribution in [-0.4, -0.2) is 37.5 Å². The molecule has 8 nitrogen and oxygen atoms in total. The van der Waals surface area contributed by atoms with Crippen molar-refractivity contribution in [2.45, 2.75) is 39.5 Å². The summed E-state index contributed by atoms with van der Waals surface area (Å²) in [5.74, 6) is -0.529. The second-order valence-corrected chi connectivity index (χ2v) is 13.0. The third-order valence-corrected chi connectivity index (χ3v) is 9.68. The van der Waals surface area contributed by atoms with E-state index in [9.17, 15) is 9.59 Å². The standard InChI is InChI=1S/C40H36N4O4S/c1-3-17-47-35-36(48-18-4-2)38(40(46)44-42-24-26-14-16-34-30(20-26)22-28-10-6-8-12-32(28)34)49-37(35)39(45)43-41-23-25-13-15-33-29(19-25)21-27-9-5-7-11-31(27)33/h5-16,19-20,23-24H,3-4,17-18,21-22H2,1-2H3,(H,43,45)(H,44,46)/b41-23-,42-24+. The van der Waals surface area contributed by atoms with Gasteiger partial charge in [0.2, 0.25) is 0 Å². The summed E-state index contributed by atoms with van der Waals surface area (Å²) in [6, 6.07) is 29.1. The van der Waals surface area contributed by atoms with E-state index in [1.165, 1.54) is 44.5 Å². The molecule has 2 aliphatic carbocycles. The van der Waals surface area contributed by atoms with Crippen LogP contribution in [0.2, 0.25) is 0 Å². The lowest BCUT2D eigenvalue weighted by molar-refractivity contribution is 0.0945. The number of hydrazone groups is 2. The van der Waals surface area contributed by atoms with Gasteiger partial charge in [0.15, 0.2) is 11.5 Å². The Morgan fingerprint density at radius 3 is 1.51 bits per heavy atom. The molecule has 2 aliphatic rings. The Hall–Kier alpha value is -5.54. The summed E-state index contributed by atoms with van der Waals surface area (Å²) in [7, 11) is 0. The normalized spacial score (nSPS) is 12.4. The van der Waals surface area contributed by atoms with Gasteiger partial charge in [0.25, 0.3) is 11.8 Å². The fraction of sp³-hybridized carbons (Fsp3) is 0.200. The van der Waals surface area contributed by atoms with Crippen molar-refractivity contribution in [3.05, 3.63) is 128 Å². The average molecular weight is 669 g/mol.